The summed E-state index contributed by atoms with van der Waals surface area (Å²) >= 11 is 0. The number of nitrogens with two attached hydrogens (primary N) is 1. The van der Waals surface area contributed by atoms with Gasteiger partial charge in [0, 0.05) is 11.1 Å². The fourth-order valence-electron chi connectivity index (χ4n) is 2.42. The third kappa shape index (κ3) is 2.75. The summed E-state index contributed by atoms with van der Waals surface area (Å²) in [6.45, 7) is 3.83. The highest BCUT2D eigenvalue weighted by molar-refractivity contribution is 5.49. The molecule has 0 saturated heterocycles. The molecule has 1 atom stereocenters. The number of hydrogen-bond acceptors (Lipinski definition) is 3. The highest BCUT2D eigenvalue weighted by Gasteiger charge is 2.24. The molecule has 2 rings (SSSR count). The minimum absolute atomic E-state index is 0.124. The van der Waals surface area contributed by atoms with Crippen molar-refractivity contribution in [3.63, 3.8) is 0 Å². The van der Waals surface area contributed by atoms with Crippen molar-refractivity contribution in [3.05, 3.63) is 64.2 Å². The van der Waals surface area contributed by atoms with Crippen molar-refractivity contribution < 1.29 is 13.5 Å². The van der Waals surface area contributed by atoms with Gasteiger partial charge in [-0.1, -0.05) is 18.2 Å². The summed E-state index contributed by atoms with van der Waals surface area (Å²) < 4.78 is 33.4. The molecule has 3 N–H and O–H groups in total. The van der Waals surface area contributed by atoms with Crippen LogP contribution < -0.4 is 16.0 Å². The molecular formula is C16H18F2N2O. The minimum Gasteiger partial charge on any atom is -0.496 e. The summed E-state index contributed by atoms with van der Waals surface area (Å²) in [6, 6.07) is 6.53. The van der Waals surface area contributed by atoms with Crippen LogP contribution in [-0.4, -0.2) is 7.11 Å². The normalized spacial score (nSPS) is 12.3. The summed E-state index contributed by atoms with van der Waals surface area (Å²) in [7, 11) is 1.52. The molecule has 0 aliphatic carbocycles. The molecule has 0 aliphatic heterocycles. The summed E-state index contributed by atoms with van der Waals surface area (Å²) in [4.78, 5) is 0. The molecule has 21 heavy (non-hydrogen) atoms. The van der Waals surface area contributed by atoms with E-state index in [1.807, 2.05) is 19.9 Å². The first-order chi connectivity index (χ1) is 10.0. The number of hydrogen-bond donors (Lipinski definition) is 2. The van der Waals surface area contributed by atoms with Crippen LogP contribution in [0.1, 0.15) is 28.3 Å². The van der Waals surface area contributed by atoms with Crippen LogP contribution in [0.15, 0.2) is 30.3 Å². The van der Waals surface area contributed by atoms with Gasteiger partial charge in [0.25, 0.3) is 0 Å². The van der Waals surface area contributed by atoms with Crippen LogP contribution in [0.25, 0.3) is 0 Å². The van der Waals surface area contributed by atoms with Gasteiger partial charge in [0.15, 0.2) is 0 Å². The molecule has 0 saturated carbocycles. The monoisotopic (exact) mass is 292 g/mol. The van der Waals surface area contributed by atoms with Gasteiger partial charge in [-0.3, -0.25) is 5.84 Å². The van der Waals surface area contributed by atoms with Crippen molar-refractivity contribution in [2.45, 2.75) is 19.9 Å². The Morgan fingerprint density at radius 2 is 1.71 bits per heavy atom. The lowest BCUT2D eigenvalue weighted by Gasteiger charge is -2.22. The molecule has 0 amide bonds. The number of nitrogens with one attached hydrogen (secondary N) is 1. The van der Waals surface area contributed by atoms with Gasteiger partial charge < -0.3 is 4.74 Å². The van der Waals surface area contributed by atoms with Gasteiger partial charge in [-0.2, -0.15) is 0 Å². The van der Waals surface area contributed by atoms with E-state index >= 15 is 0 Å². The molecule has 0 aromatic heterocycles. The van der Waals surface area contributed by atoms with E-state index in [4.69, 9.17) is 10.6 Å². The van der Waals surface area contributed by atoms with Gasteiger partial charge in [0.1, 0.15) is 17.4 Å². The third-order valence-corrected chi connectivity index (χ3v) is 3.68. The second kappa shape index (κ2) is 6.20. The van der Waals surface area contributed by atoms with Crippen molar-refractivity contribution in [2.75, 3.05) is 7.11 Å². The zero-order chi connectivity index (χ0) is 15.6. The topological polar surface area (TPSA) is 47.3 Å². The lowest BCUT2D eigenvalue weighted by molar-refractivity contribution is 0.398. The number of ether oxygens (including phenoxy) is 1. The van der Waals surface area contributed by atoms with Crippen molar-refractivity contribution in [3.8, 4) is 5.75 Å². The largest absolute Gasteiger partial charge is 0.496 e. The van der Waals surface area contributed by atoms with E-state index in [1.54, 1.807) is 6.07 Å². The first kappa shape index (κ1) is 15.4. The fourth-order valence-corrected chi connectivity index (χ4v) is 2.42. The standard InChI is InChI=1S/C16H18F2N2O/c1-9-7-8-11(16(21-3)10(9)2)15(20-19)14-12(17)5-4-6-13(14)18/h4-8,15,20H,19H2,1-3H3. The highest BCUT2D eigenvalue weighted by atomic mass is 19.1. The molecule has 0 aliphatic rings. The molecule has 0 heterocycles. The van der Waals surface area contributed by atoms with E-state index < -0.39 is 17.7 Å². The second-order valence-electron chi connectivity index (χ2n) is 4.86. The average molecular weight is 292 g/mol. The number of hydrazine groups is 1. The number of rotatable bonds is 4. The maximum Gasteiger partial charge on any atom is 0.131 e. The summed E-state index contributed by atoms with van der Waals surface area (Å²) in [6.07, 6.45) is 0. The molecule has 2 aromatic carbocycles. The third-order valence-electron chi connectivity index (χ3n) is 3.68. The summed E-state index contributed by atoms with van der Waals surface area (Å²) in [5, 5.41) is 0. The Bertz CT molecular complexity index is 639. The Morgan fingerprint density at radius 3 is 2.24 bits per heavy atom. The number of halogens is 2. The Labute approximate surface area is 122 Å². The average Bonchev–Trinajstić information content (AvgIpc) is 2.46. The highest BCUT2D eigenvalue weighted by Crippen LogP contribution is 2.35. The van der Waals surface area contributed by atoms with E-state index in [0.29, 0.717) is 11.3 Å². The summed E-state index contributed by atoms with van der Waals surface area (Å²) in [5.74, 6) is 4.81. The zero-order valence-electron chi connectivity index (χ0n) is 12.2. The second-order valence-corrected chi connectivity index (χ2v) is 4.86. The van der Waals surface area contributed by atoms with Gasteiger partial charge in [-0.25, -0.2) is 14.2 Å². The van der Waals surface area contributed by atoms with Crippen LogP contribution >= 0.6 is 0 Å². The number of aryl methyl sites for hydroxylation is 1. The molecule has 1 unspecified atom stereocenters. The zero-order valence-corrected chi connectivity index (χ0v) is 12.2. The first-order valence-corrected chi connectivity index (χ1v) is 6.55. The van der Waals surface area contributed by atoms with E-state index in [9.17, 15) is 8.78 Å². The van der Waals surface area contributed by atoms with E-state index in [0.717, 1.165) is 11.1 Å². The van der Waals surface area contributed by atoms with Crippen molar-refractivity contribution >= 4 is 0 Å². The first-order valence-electron chi connectivity index (χ1n) is 6.55. The van der Waals surface area contributed by atoms with Gasteiger partial charge in [-0.05, 0) is 37.1 Å². The molecule has 0 bridgehead atoms. The van der Waals surface area contributed by atoms with Crippen LogP contribution in [0.2, 0.25) is 0 Å². The molecule has 0 radical (unpaired) electrons. The predicted molar refractivity (Wildman–Crippen MR) is 78.0 cm³/mol. The van der Waals surface area contributed by atoms with Crippen LogP contribution in [-0.2, 0) is 0 Å². The number of benzene rings is 2. The van der Waals surface area contributed by atoms with Crippen molar-refractivity contribution in [1.29, 1.82) is 0 Å². The molecule has 2 aromatic rings. The lowest BCUT2D eigenvalue weighted by atomic mass is 9.94. The SMILES string of the molecule is COc1c(C(NN)c2c(F)cccc2F)ccc(C)c1C. The Hall–Kier alpha value is -1.98. The van der Waals surface area contributed by atoms with E-state index in [2.05, 4.69) is 5.43 Å². The fraction of sp³-hybridized carbons (Fsp3) is 0.250. The van der Waals surface area contributed by atoms with Crippen LogP contribution in [0.4, 0.5) is 8.78 Å². The quantitative estimate of drug-likeness (QED) is 0.672. The Morgan fingerprint density at radius 1 is 1.10 bits per heavy atom. The van der Waals surface area contributed by atoms with Gasteiger partial charge in [-0.15, -0.1) is 0 Å². The predicted octanol–water partition coefficient (Wildman–Crippen LogP) is 3.14. The van der Waals surface area contributed by atoms with Gasteiger partial charge in [0.2, 0.25) is 0 Å². The lowest BCUT2D eigenvalue weighted by Crippen LogP contribution is -2.30. The molecule has 3 nitrogen and oxygen atoms in total. The van der Waals surface area contributed by atoms with Crippen molar-refractivity contribution in [2.24, 2.45) is 5.84 Å². The summed E-state index contributed by atoms with van der Waals surface area (Å²) in [5.41, 5.74) is 4.88. The smallest absolute Gasteiger partial charge is 0.131 e. The van der Waals surface area contributed by atoms with Gasteiger partial charge in [0.05, 0.1) is 13.2 Å². The van der Waals surface area contributed by atoms with Gasteiger partial charge >= 0.3 is 0 Å². The maximum absolute atomic E-state index is 14.0. The molecule has 0 fully saturated rings. The number of methoxy groups -OCH3 is 1. The molecule has 112 valence electrons. The van der Waals surface area contributed by atoms with Crippen LogP contribution in [0, 0.1) is 25.5 Å². The minimum atomic E-state index is -0.833. The molecule has 5 heteroatoms. The van der Waals surface area contributed by atoms with E-state index in [1.165, 1.54) is 25.3 Å². The van der Waals surface area contributed by atoms with E-state index in [-0.39, 0.29) is 5.56 Å². The van der Waals surface area contributed by atoms with Crippen molar-refractivity contribution in [1.82, 2.24) is 5.43 Å². The van der Waals surface area contributed by atoms with Crippen LogP contribution in [0.5, 0.6) is 5.75 Å². The Balaban J connectivity index is 2.65. The van der Waals surface area contributed by atoms with Crippen LogP contribution in [0.3, 0.4) is 0 Å². The maximum atomic E-state index is 14.0. The molecular weight excluding hydrogens is 274 g/mol. The molecule has 0 spiro atoms. The Kier molecular flexibility index (Phi) is 4.55.